The van der Waals surface area contributed by atoms with Crippen molar-refractivity contribution in [2.75, 3.05) is 19.0 Å². The molecule has 4 aromatic rings. The molecule has 2 amide bonds. The smallest absolute Gasteiger partial charge is 0.271 e. The predicted octanol–water partition coefficient (Wildman–Crippen LogP) is 6.70. The Morgan fingerprint density at radius 3 is 2.57 bits per heavy atom. The first-order chi connectivity index (χ1) is 17.9. The molecule has 7 nitrogen and oxygen atoms in total. The second-order valence-corrected chi connectivity index (χ2v) is 9.39. The maximum Gasteiger partial charge on any atom is 0.271 e. The van der Waals surface area contributed by atoms with Gasteiger partial charge in [0.05, 0.1) is 27.8 Å². The van der Waals surface area contributed by atoms with Gasteiger partial charge in [0.25, 0.3) is 11.8 Å². The number of hydrogen-bond donors (Lipinski definition) is 2. The Morgan fingerprint density at radius 1 is 1.00 bits per heavy atom. The summed E-state index contributed by atoms with van der Waals surface area (Å²) in [4.78, 5) is 25.0. The zero-order valence-electron chi connectivity index (χ0n) is 19.4. The van der Waals surface area contributed by atoms with E-state index in [0.29, 0.717) is 42.8 Å². The average Bonchev–Trinajstić information content (AvgIpc) is 2.89. The van der Waals surface area contributed by atoms with Crippen LogP contribution in [-0.4, -0.2) is 31.7 Å². The Morgan fingerprint density at radius 2 is 1.78 bits per heavy atom. The lowest BCUT2D eigenvalue weighted by molar-refractivity contribution is -0.118. The van der Waals surface area contributed by atoms with Crippen molar-refractivity contribution in [2.45, 2.75) is 0 Å². The number of hydrazone groups is 1. The summed E-state index contributed by atoms with van der Waals surface area (Å²) in [5.41, 5.74) is 4.20. The molecular weight excluding hydrogens is 581 g/mol. The van der Waals surface area contributed by atoms with Crippen LogP contribution in [0.2, 0.25) is 10.0 Å². The Balaban J connectivity index is 1.41. The summed E-state index contributed by atoms with van der Waals surface area (Å²) in [6.07, 6.45) is 1.48. The van der Waals surface area contributed by atoms with Gasteiger partial charge in [0.1, 0.15) is 0 Å². The van der Waals surface area contributed by atoms with E-state index in [1.54, 1.807) is 36.4 Å². The molecule has 0 aliphatic carbocycles. The Labute approximate surface area is 231 Å². The van der Waals surface area contributed by atoms with E-state index in [1.807, 2.05) is 36.4 Å². The highest BCUT2D eigenvalue weighted by Gasteiger charge is 2.14. The summed E-state index contributed by atoms with van der Waals surface area (Å²) >= 11 is 15.3. The maximum atomic E-state index is 12.7. The van der Waals surface area contributed by atoms with Crippen LogP contribution in [0.4, 0.5) is 5.69 Å². The van der Waals surface area contributed by atoms with Gasteiger partial charge in [-0.05, 0) is 68.7 Å². The molecular formula is C27H20BrCl2N3O4. The average molecular weight is 601 g/mol. The fourth-order valence-corrected chi connectivity index (χ4v) is 4.38. The zero-order valence-corrected chi connectivity index (χ0v) is 22.5. The quantitative estimate of drug-likeness (QED) is 0.174. The van der Waals surface area contributed by atoms with Gasteiger partial charge in [-0.3, -0.25) is 9.59 Å². The lowest BCUT2D eigenvalue weighted by Gasteiger charge is -2.13. The van der Waals surface area contributed by atoms with Crippen LogP contribution in [0.1, 0.15) is 15.9 Å². The van der Waals surface area contributed by atoms with Gasteiger partial charge in [-0.1, -0.05) is 59.6 Å². The number of nitrogens with zero attached hydrogens (tertiary/aromatic N) is 1. The molecule has 0 aromatic heterocycles. The third kappa shape index (κ3) is 6.60. The number of halogens is 3. The van der Waals surface area contributed by atoms with Crippen LogP contribution in [0.25, 0.3) is 10.8 Å². The van der Waals surface area contributed by atoms with E-state index in [4.69, 9.17) is 32.7 Å². The van der Waals surface area contributed by atoms with E-state index in [0.717, 1.165) is 10.8 Å². The molecule has 0 fully saturated rings. The van der Waals surface area contributed by atoms with Crippen molar-refractivity contribution in [3.05, 3.63) is 98.4 Å². The number of hydrogen-bond acceptors (Lipinski definition) is 5. The predicted molar refractivity (Wildman–Crippen MR) is 150 cm³/mol. The monoisotopic (exact) mass is 599 g/mol. The fourth-order valence-electron chi connectivity index (χ4n) is 3.51. The molecule has 0 aliphatic rings. The molecule has 4 aromatic carbocycles. The molecule has 0 bridgehead atoms. The van der Waals surface area contributed by atoms with Crippen LogP contribution in [0.3, 0.4) is 0 Å². The summed E-state index contributed by atoms with van der Waals surface area (Å²) in [5, 5.41) is 9.29. The van der Waals surface area contributed by atoms with Crippen LogP contribution in [0, 0.1) is 0 Å². The van der Waals surface area contributed by atoms with Gasteiger partial charge in [-0.25, -0.2) is 5.43 Å². The lowest BCUT2D eigenvalue weighted by Crippen LogP contribution is -2.20. The molecule has 10 heteroatoms. The van der Waals surface area contributed by atoms with Crippen molar-refractivity contribution in [1.82, 2.24) is 5.43 Å². The molecule has 0 radical (unpaired) electrons. The van der Waals surface area contributed by atoms with Crippen molar-refractivity contribution < 1.29 is 19.1 Å². The molecule has 188 valence electrons. The molecule has 0 saturated heterocycles. The number of nitrogens with one attached hydrogen (secondary N) is 2. The van der Waals surface area contributed by atoms with Crippen LogP contribution < -0.4 is 20.2 Å². The summed E-state index contributed by atoms with van der Waals surface area (Å²) < 4.78 is 11.6. The van der Waals surface area contributed by atoms with E-state index >= 15 is 0 Å². The standard InChI is InChI=1S/C27H20BrCl2N3O4/c1-36-24-12-16(14-31-33-27(35)20-8-4-6-17-5-2-3-7-19(17)20)11-21(28)26(24)37-15-25(34)32-18-9-10-22(29)23(30)13-18/h2-14H,15H2,1H3,(H,32,34)(H,33,35)/b31-14+. The Bertz CT molecular complexity index is 1510. The minimum absolute atomic E-state index is 0.274. The highest BCUT2D eigenvalue weighted by Crippen LogP contribution is 2.36. The van der Waals surface area contributed by atoms with E-state index in [1.165, 1.54) is 13.3 Å². The maximum absolute atomic E-state index is 12.7. The van der Waals surface area contributed by atoms with Gasteiger partial charge in [-0.15, -0.1) is 0 Å². The highest BCUT2D eigenvalue weighted by atomic mass is 79.9. The van der Waals surface area contributed by atoms with Gasteiger partial charge in [0.2, 0.25) is 0 Å². The van der Waals surface area contributed by atoms with Gasteiger partial charge in [0, 0.05) is 11.3 Å². The van der Waals surface area contributed by atoms with Crippen LogP contribution in [0.15, 0.2) is 82.4 Å². The van der Waals surface area contributed by atoms with Crippen molar-refractivity contribution in [3.8, 4) is 11.5 Å². The number of benzene rings is 4. The third-order valence-electron chi connectivity index (χ3n) is 5.22. The number of ether oxygens (including phenoxy) is 2. The molecule has 4 rings (SSSR count). The Kier molecular flexibility index (Phi) is 8.66. The van der Waals surface area contributed by atoms with Gasteiger partial charge in [-0.2, -0.15) is 5.10 Å². The van der Waals surface area contributed by atoms with Crippen molar-refractivity contribution in [3.63, 3.8) is 0 Å². The minimum Gasteiger partial charge on any atom is -0.493 e. The van der Waals surface area contributed by atoms with E-state index in [9.17, 15) is 9.59 Å². The number of carbonyl (C=O) groups excluding carboxylic acids is 2. The number of amides is 2. The third-order valence-corrected chi connectivity index (χ3v) is 6.54. The topological polar surface area (TPSA) is 89.0 Å². The van der Waals surface area contributed by atoms with E-state index in [-0.39, 0.29) is 12.5 Å². The molecule has 0 spiro atoms. The second-order valence-electron chi connectivity index (χ2n) is 7.73. The highest BCUT2D eigenvalue weighted by molar-refractivity contribution is 9.10. The largest absolute Gasteiger partial charge is 0.493 e. The summed E-state index contributed by atoms with van der Waals surface area (Å²) in [5.74, 6) is -0.0107. The van der Waals surface area contributed by atoms with Crippen molar-refractivity contribution in [1.29, 1.82) is 0 Å². The normalized spacial score (nSPS) is 10.9. The van der Waals surface area contributed by atoms with Crippen LogP contribution in [0.5, 0.6) is 11.5 Å². The molecule has 0 atom stereocenters. The summed E-state index contributed by atoms with van der Waals surface area (Å²) in [7, 11) is 1.48. The van der Waals surface area contributed by atoms with Crippen molar-refractivity contribution >= 4 is 73.6 Å². The lowest BCUT2D eigenvalue weighted by atomic mass is 10.0. The van der Waals surface area contributed by atoms with Crippen LogP contribution >= 0.6 is 39.1 Å². The number of carbonyl (C=O) groups is 2. The van der Waals surface area contributed by atoms with Crippen LogP contribution in [-0.2, 0) is 4.79 Å². The molecule has 0 heterocycles. The first-order valence-corrected chi connectivity index (χ1v) is 12.5. The first kappa shape index (κ1) is 26.5. The Hall–Kier alpha value is -3.59. The molecule has 0 saturated carbocycles. The molecule has 0 aliphatic heterocycles. The summed E-state index contributed by atoms with van der Waals surface area (Å²) in [6, 6.07) is 21.3. The SMILES string of the molecule is COc1cc(/C=N/NC(=O)c2cccc3ccccc23)cc(Br)c1OCC(=O)Nc1ccc(Cl)c(Cl)c1. The van der Waals surface area contributed by atoms with Gasteiger partial charge < -0.3 is 14.8 Å². The number of anilines is 1. The van der Waals surface area contributed by atoms with E-state index in [2.05, 4.69) is 31.8 Å². The molecule has 0 unspecified atom stereocenters. The first-order valence-electron chi connectivity index (χ1n) is 10.9. The molecule has 37 heavy (non-hydrogen) atoms. The number of methoxy groups -OCH3 is 1. The molecule has 2 N–H and O–H groups in total. The van der Waals surface area contributed by atoms with E-state index < -0.39 is 5.91 Å². The second kappa shape index (κ2) is 12.1. The number of fused-ring (bicyclic) bond motifs is 1. The number of rotatable bonds is 8. The van der Waals surface area contributed by atoms with Gasteiger partial charge in [0.15, 0.2) is 18.1 Å². The minimum atomic E-state index is -0.394. The zero-order chi connectivity index (χ0) is 26.4. The fraction of sp³-hybridized carbons (Fsp3) is 0.0741. The van der Waals surface area contributed by atoms with Gasteiger partial charge >= 0.3 is 0 Å². The summed E-state index contributed by atoms with van der Waals surface area (Å²) in [6.45, 7) is -0.274. The van der Waals surface area contributed by atoms with Crippen molar-refractivity contribution in [2.24, 2.45) is 5.10 Å².